The predicted molar refractivity (Wildman–Crippen MR) is 65.0 cm³/mol. The van der Waals surface area contributed by atoms with Crippen LogP contribution in [0.15, 0.2) is 12.4 Å². The molecule has 0 unspecified atom stereocenters. The van der Waals surface area contributed by atoms with E-state index >= 15 is 0 Å². The Hall–Kier alpha value is -1.96. The van der Waals surface area contributed by atoms with Crippen LogP contribution in [0, 0.1) is 10.1 Å². The van der Waals surface area contributed by atoms with Gasteiger partial charge in [-0.3, -0.25) is 19.6 Å². The van der Waals surface area contributed by atoms with Crippen molar-refractivity contribution >= 4 is 11.6 Å². The van der Waals surface area contributed by atoms with Crippen molar-refractivity contribution in [3.05, 3.63) is 22.5 Å². The number of likely N-dealkylation sites (N-methyl/N-ethyl adjacent to an activating group) is 1. The number of carbonyl (C=O) groups is 1. The zero-order chi connectivity index (χ0) is 13.5. The highest BCUT2D eigenvalue weighted by molar-refractivity contribution is 5.75. The first-order valence-corrected chi connectivity index (χ1v) is 5.69. The fourth-order valence-electron chi connectivity index (χ4n) is 1.42. The minimum Gasteiger partial charge on any atom is -0.353 e. The number of aromatic nitrogens is 2. The highest BCUT2D eigenvalue weighted by atomic mass is 16.6. The van der Waals surface area contributed by atoms with Gasteiger partial charge in [0.1, 0.15) is 18.9 Å². The van der Waals surface area contributed by atoms with Crippen molar-refractivity contribution in [2.45, 2.75) is 26.4 Å². The zero-order valence-corrected chi connectivity index (χ0v) is 10.4. The minimum atomic E-state index is -0.547. The largest absolute Gasteiger partial charge is 0.353 e. The van der Waals surface area contributed by atoms with Gasteiger partial charge in [-0.05, 0) is 13.5 Å². The topological polar surface area (TPSA) is 102 Å². The smallest absolute Gasteiger partial charge is 0.307 e. The molecule has 0 saturated carbocycles. The second-order valence-corrected chi connectivity index (χ2v) is 3.92. The molecule has 1 heterocycles. The van der Waals surface area contributed by atoms with Gasteiger partial charge in [-0.2, -0.15) is 5.10 Å². The summed E-state index contributed by atoms with van der Waals surface area (Å²) in [5, 5.41) is 20.0. The Labute approximate surface area is 105 Å². The molecule has 18 heavy (non-hydrogen) atoms. The summed E-state index contributed by atoms with van der Waals surface area (Å²) in [6, 6.07) is 0.186. The quantitative estimate of drug-likeness (QED) is 0.523. The van der Waals surface area contributed by atoms with E-state index in [1.165, 1.54) is 10.9 Å². The average molecular weight is 255 g/mol. The highest BCUT2D eigenvalue weighted by Crippen LogP contribution is 2.07. The number of nitrogens with one attached hydrogen (secondary N) is 2. The fraction of sp³-hybridized carbons (Fsp3) is 0.600. The number of rotatable bonds is 7. The highest BCUT2D eigenvalue weighted by Gasteiger charge is 2.11. The van der Waals surface area contributed by atoms with Gasteiger partial charge in [0.25, 0.3) is 0 Å². The summed E-state index contributed by atoms with van der Waals surface area (Å²) < 4.78 is 1.24. The Kier molecular flexibility index (Phi) is 5.25. The maximum atomic E-state index is 11.5. The summed E-state index contributed by atoms with van der Waals surface area (Å²) in [6.45, 7) is 5.27. The molecule has 1 amide bonds. The van der Waals surface area contributed by atoms with Crippen molar-refractivity contribution in [3.8, 4) is 0 Å². The van der Waals surface area contributed by atoms with E-state index in [4.69, 9.17) is 0 Å². The van der Waals surface area contributed by atoms with E-state index in [0.29, 0.717) is 6.54 Å². The monoisotopic (exact) mass is 255 g/mol. The summed E-state index contributed by atoms with van der Waals surface area (Å²) in [7, 11) is 0. The van der Waals surface area contributed by atoms with E-state index in [1.807, 2.05) is 13.8 Å². The first kappa shape index (κ1) is 14.1. The summed E-state index contributed by atoms with van der Waals surface area (Å²) in [5.41, 5.74) is -0.121. The molecule has 8 heteroatoms. The molecule has 0 aliphatic rings. The number of amides is 1. The molecule has 0 aliphatic heterocycles. The molecule has 0 spiro atoms. The van der Waals surface area contributed by atoms with Crippen molar-refractivity contribution in [1.82, 2.24) is 20.4 Å². The van der Waals surface area contributed by atoms with Crippen LogP contribution in [0.3, 0.4) is 0 Å². The molecule has 0 bridgehead atoms. The van der Waals surface area contributed by atoms with Crippen LogP contribution in [0.1, 0.15) is 13.8 Å². The van der Waals surface area contributed by atoms with Gasteiger partial charge in [0.15, 0.2) is 0 Å². The van der Waals surface area contributed by atoms with Crippen molar-refractivity contribution in [2.75, 3.05) is 13.1 Å². The minimum absolute atomic E-state index is 0.0211. The molecule has 8 nitrogen and oxygen atoms in total. The second kappa shape index (κ2) is 6.70. The molecule has 1 rings (SSSR count). The number of hydrogen-bond donors (Lipinski definition) is 2. The lowest BCUT2D eigenvalue weighted by atomic mass is 10.3. The van der Waals surface area contributed by atoms with Gasteiger partial charge >= 0.3 is 5.69 Å². The number of nitro groups is 1. The Bertz CT molecular complexity index is 417. The first-order valence-electron chi connectivity index (χ1n) is 5.69. The van der Waals surface area contributed by atoms with Gasteiger partial charge in [-0.25, -0.2) is 0 Å². The van der Waals surface area contributed by atoms with Gasteiger partial charge in [0, 0.05) is 12.6 Å². The van der Waals surface area contributed by atoms with Gasteiger partial charge in [0.2, 0.25) is 5.91 Å². The SMILES string of the molecule is CCN[C@H](C)CNC(=O)Cn1cc([N+](=O)[O-])cn1. The van der Waals surface area contributed by atoms with Crippen molar-refractivity contribution in [3.63, 3.8) is 0 Å². The van der Waals surface area contributed by atoms with Gasteiger partial charge in [-0.1, -0.05) is 6.92 Å². The maximum Gasteiger partial charge on any atom is 0.307 e. The van der Waals surface area contributed by atoms with Gasteiger partial charge < -0.3 is 10.6 Å². The predicted octanol–water partition coefficient (Wildman–Crippen LogP) is -0.0945. The zero-order valence-electron chi connectivity index (χ0n) is 10.4. The summed E-state index contributed by atoms with van der Waals surface area (Å²) in [4.78, 5) is 21.4. The van der Waals surface area contributed by atoms with Crippen molar-refractivity contribution in [1.29, 1.82) is 0 Å². The van der Waals surface area contributed by atoms with E-state index in [-0.39, 0.29) is 24.2 Å². The van der Waals surface area contributed by atoms with E-state index in [1.54, 1.807) is 0 Å². The Balaban J connectivity index is 2.37. The molecule has 0 aliphatic carbocycles. The lowest BCUT2D eigenvalue weighted by Crippen LogP contribution is -2.40. The molecular formula is C10H17N5O3. The van der Waals surface area contributed by atoms with E-state index < -0.39 is 4.92 Å². The van der Waals surface area contributed by atoms with Crippen LogP contribution in [0.25, 0.3) is 0 Å². The molecule has 1 aromatic rings. The third-order valence-electron chi connectivity index (χ3n) is 2.29. The van der Waals surface area contributed by atoms with E-state index in [2.05, 4.69) is 15.7 Å². The third kappa shape index (κ3) is 4.50. The van der Waals surface area contributed by atoms with Crippen LogP contribution in [-0.4, -0.2) is 39.7 Å². The third-order valence-corrected chi connectivity index (χ3v) is 2.29. The van der Waals surface area contributed by atoms with Crippen LogP contribution >= 0.6 is 0 Å². The molecule has 1 aromatic heterocycles. The fourth-order valence-corrected chi connectivity index (χ4v) is 1.42. The van der Waals surface area contributed by atoms with Crippen molar-refractivity contribution < 1.29 is 9.72 Å². The molecule has 0 fully saturated rings. The lowest BCUT2D eigenvalue weighted by molar-refractivity contribution is -0.385. The molecule has 0 saturated heterocycles. The summed E-state index contributed by atoms with van der Waals surface area (Å²) >= 11 is 0. The molecular weight excluding hydrogens is 238 g/mol. The van der Waals surface area contributed by atoms with Gasteiger partial charge in [-0.15, -0.1) is 0 Å². The van der Waals surface area contributed by atoms with Crippen LogP contribution < -0.4 is 10.6 Å². The Morgan fingerprint density at radius 3 is 2.94 bits per heavy atom. The summed E-state index contributed by atoms with van der Waals surface area (Å²) in [5.74, 6) is -0.224. The standard InChI is InChI=1S/C10H17N5O3/c1-3-11-8(2)4-12-10(16)7-14-6-9(5-13-14)15(17)18/h5-6,8,11H,3-4,7H2,1-2H3,(H,12,16)/t8-/m1/s1. The Morgan fingerprint density at radius 1 is 1.67 bits per heavy atom. The molecule has 2 N–H and O–H groups in total. The van der Waals surface area contributed by atoms with Crippen LogP contribution in [-0.2, 0) is 11.3 Å². The normalized spacial score (nSPS) is 12.1. The van der Waals surface area contributed by atoms with Gasteiger partial charge in [0.05, 0.1) is 4.92 Å². The van der Waals surface area contributed by atoms with E-state index in [0.717, 1.165) is 12.7 Å². The lowest BCUT2D eigenvalue weighted by Gasteiger charge is -2.12. The van der Waals surface area contributed by atoms with Crippen LogP contribution in [0.2, 0.25) is 0 Å². The summed E-state index contributed by atoms with van der Waals surface area (Å²) in [6.07, 6.45) is 2.35. The Morgan fingerprint density at radius 2 is 2.39 bits per heavy atom. The van der Waals surface area contributed by atoms with Crippen LogP contribution in [0.4, 0.5) is 5.69 Å². The van der Waals surface area contributed by atoms with Crippen molar-refractivity contribution in [2.24, 2.45) is 0 Å². The second-order valence-electron chi connectivity index (χ2n) is 3.92. The molecule has 1 atom stereocenters. The molecule has 0 aromatic carbocycles. The van der Waals surface area contributed by atoms with E-state index in [9.17, 15) is 14.9 Å². The number of nitrogens with zero attached hydrogens (tertiary/aromatic N) is 3. The number of hydrogen-bond acceptors (Lipinski definition) is 5. The maximum absolute atomic E-state index is 11.5. The van der Waals surface area contributed by atoms with Crippen LogP contribution in [0.5, 0.6) is 0 Å². The average Bonchev–Trinajstić information content (AvgIpc) is 2.75. The molecule has 100 valence electrons. The first-order chi connectivity index (χ1) is 8.52. The molecule has 0 radical (unpaired) electrons. The number of carbonyl (C=O) groups excluding carboxylic acids is 1.